The van der Waals surface area contributed by atoms with Gasteiger partial charge in [-0.1, -0.05) is 24.3 Å². The minimum atomic E-state index is -3.82. The Balaban J connectivity index is 2.15. The van der Waals surface area contributed by atoms with Crippen LogP contribution in [0.15, 0.2) is 70.5 Å². The van der Waals surface area contributed by atoms with Gasteiger partial charge in [-0.25, -0.2) is 22.3 Å². The summed E-state index contributed by atoms with van der Waals surface area (Å²) >= 11 is 1.58. The van der Waals surface area contributed by atoms with E-state index in [-0.39, 0.29) is 4.90 Å². The Hall–Kier alpha value is -2.22. The normalized spacial score (nSPS) is 11.5. The maximum Gasteiger partial charge on any atom is 0.238 e. The molecular formula is C19H15F2NO2S2. The first-order chi connectivity index (χ1) is 12.3. The van der Waals surface area contributed by atoms with Crippen LogP contribution in [0.3, 0.4) is 0 Å². The van der Waals surface area contributed by atoms with E-state index < -0.39 is 21.7 Å². The van der Waals surface area contributed by atoms with Crippen LogP contribution >= 0.6 is 11.8 Å². The molecule has 3 aromatic carbocycles. The molecule has 0 radical (unpaired) electrons. The zero-order valence-corrected chi connectivity index (χ0v) is 15.4. The van der Waals surface area contributed by atoms with Gasteiger partial charge in [-0.05, 0) is 64.9 Å². The third-order valence-electron chi connectivity index (χ3n) is 3.96. The summed E-state index contributed by atoms with van der Waals surface area (Å²) in [5.41, 5.74) is 2.26. The van der Waals surface area contributed by atoms with Gasteiger partial charge in [0.1, 0.15) is 0 Å². The van der Waals surface area contributed by atoms with Crippen LogP contribution < -0.4 is 5.14 Å². The molecule has 0 aliphatic carbocycles. The number of rotatable bonds is 4. The first-order valence-corrected chi connectivity index (χ1v) is 10.3. The lowest BCUT2D eigenvalue weighted by molar-refractivity contribution is 0.509. The minimum Gasteiger partial charge on any atom is -0.225 e. The number of hydrogen-bond donors (Lipinski definition) is 1. The summed E-state index contributed by atoms with van der Waals surface area (Å²) in [6, 6.07) is 15.4. The Morgan fingerprint density at radius 3 is 1.62 bits per heavy atom. The number of benzene rings is 3. The van der Waals surface area contributed by atoms with E-state index >= 15 is 0 Å². The molecule has 0 fully saturated rings. The van der Waals surface area contributed by atoms with Gasteiger partial charge in [0, 0.05) is 4.90 Å². The van der Waals surface area contributed by atoms with Crippen LogP contribution in [0.5, 0.6) is 0 Å². The van der Waals surface area contributed by atoms with Crippen molar-refractivity contribution in [1.82, 2.24) is 0 Å². The van der Waals surface area contributed by atoms with Gasteiger partial charge in [0.05, 0.1) is 4.90 Å². The lowest BCUT2D eigenvalue weighted by atomic mass is 9.94. The summed E-state index contributed by atoms with van der Waals surface area (Å²) in [4.78, 5) is 1.00. The van der Waals surface area contributed by atoms with Crippen LogP contribution in [0.4, 0.5) is 8.78 Å². The lowest BCUT2D eigenvalue weighted by Crippen LogP contribution is -2.11. The molecule has 0 spiro atoms. The predicted octanol–water partition coefficient (Wildman–Crippen LogP) is 4.67. The van der Waals surface area contributed by atoms with E-state index in [1.54, 1.807) is 11.8 Å². The highest BCUT2D eigenvalue weighted by Gasteiger charge is 2.14. The molecule has 0 saturated heterocycles. The van der Waals surface area contributed by atoms with E-state index in [2.05, 4.69) is 0 Å². The van der Waals surface area contributed by atoms with Gasteiger partial charge in [0.2, 0.25) is 10.0 Å². The van der Waals surface area contributed by atoms with Crippen molar-refractivity contribution in [3.63, 3.8) is 0 Å². The number of halogens is 2. The monoisotopic (exact) mass is 391 g/mol. The largest absolute Gasteiger partial charge is 0.238 e. The van der Waals surface area contributed by atoms with Gasteiger partial charge < -0.3 is 0 Å². The van der Waals surface area contributed by atoms with E-state index in [0.717, 1.165) is 22.6 Å². The molecule has 3 rings (SSSR count). The topological polar surface area (TPSA) is 60.2 Å². The second kappa shape index (κ2) is 7.19. The van der Waals surface area contributed by atoms with E-state index in [1.807, 2.05) is 30.5 Å². The van der Waals surface area contributed by atoms with Crippen molar-refractivity contribution >= 4 is 21.8 Å². The zero-order valence-electron chi connectivity index (χ0n) is 13.7. The minimum absolute atomic E-state index is 0.0466. The molecule has 3 aromatic rings. The van der Waals surface area contributed by atoms with Gasteiger partial charge in [-0.3, -0.25) is 0 Å². The summed E-state index contributed by atoms with van der Waals surface area (Å²) < 4.78 is 50.5. The van der Waals surface area contributed by atoms with Crippen LogP contribution in [0.2, 0.25) is 0 Å². The van der Waals surface area contributed by atoms with Gasteiger partial charge in [0.15, 0.2) is 11.6 Å². The Bertz CT molecular complexity index is 1050. The highest BCUT2D eigenvalue weighted by atomic mass is 32.2. The predicted molar refractivity (Wildman–Crippen MR) is 100 cm³/mol. The summed E-state index contributed by atoms with van der Waals surface area (Å²) in [7, 11) is -3.82. The molecule has 0 aromatic heterocycles. The van der Waals surface area contributed by atoms with Crippen molar-refractivity contribution in [3.05, 3.63) is 72.3 Å². The van der Waals surface area contributed by atoms with Gasteiger partial charge in [0.25, 0.3) is 0 Å². The quantitative estimate of drug-likeness (QED) is 0.658. The Kier molecular flexibility index (Phi) is 5.13. The number of nitrogens with two attached hydrogens (primary N) is 1. The van der Waals surface area contributed by atoms with Crippen molar-refractivity contribution in [2.45, 2.75) is 9.79 Å². The first-order valence-electron chi connectivity index (χ1n) is 7.56. The second-order valence-corrected chi connectivity index (χ2v) is 8.05. The summed E-state index contributed by atoms with van der Waals surface area (Å²) in [5, 5.41) is 5.10. The third-order valence-corrected chi connectivity index (χ3v) is 5.63. The first kappa shape index (κ1) is 18.6. The Labute approximate surface area is 154 Å². The van der Waals surface area contributed by atoms with Crippen LogP contribution in [0.25, 0.3) is 22.3 Å². The van der Waals surface area contributed by atoms with Crippen LogP contribution in [-0.2, 0) is 10.0 Å². The highest BCUT2D eigenvalue weighted by molar-refractivity contribution is 7.98. The van der Waals surface area contributed by atoms with Crippen molar-refractivity contribution in [2.75, 3.05) is 6.26 Å². The molecule has 0 aliphatic rings. The Morgan fingerprint density at radius 1 is 0.808 bits per heavy atom. The van der Waals surface area contributed by atoms with E-state index in [4.69, 9.17) is 5.14 Å². The average molecular weight is 391 g/mol. The molecular weight excluding hydrogens is 376 g/mol. The van der Waals surface area contributed by atoms with Crippen LogP contribution in [0, 0.1) is 11.6 Å². The fourth-order valence-electron chi connectivity index (χ4n) is 2.62. The number of hydrogen-bond acceptors (Lipinski definition) is 3. The standard InChI is InChI=1S/C19H15F2NO2S2/c1-25-14-6-2-12(3-7-14)16-10-18(20)19(21)11-17(16)13-4-8-15(9-5-13)26(22,23)24/h2-11H,1H3,(H2,22,23,24). The maximum absolute atomic E-state index is 13.9. The molecule has 0 bridgehead atoms. The number of thioether (sulfide) groups is 1. The molecule has 0 unspecified atom stereocenters. The molecule has 0 saturated carbocycles. The maximum atomic E-state index is 13.9. The second-order valence-electron chi connectivity index (χ2n) is 5.61. The molecule has 0 amide bonds. The SMILES string of the molecule is CSc1ccc(-c2cc(F)c(F)cc2-c2ccc(S(N)(=O)=O)cc2)cc1. The summed E-state index contributed by atoms with van der Waals surface area (Å²) in [5.74, 6) is -1.92. The van der Waals surface area contributed by atoms with E-state index in [9.17, 15) is 17.2 Å². The molecule has 2 N–H and O–H groups in total. The van der Waals surface area contributed by atoms with Crippen molar-refractivity contribution in [3.8, 4) is 22.3 Å². The molecule has 0 aliphatic heterocycles. The number of primary sulfonamides is 1. The van der Waals surface area contributed by atoms with Crippen molar-refractivity contribution in [2.24, 2.45) is 5.14 Å². The van der Waals surface area contributed by atoms with Gasteiger partial charge in [-0.15, -0.1) is 11.8 Å². The molecule has 26 heavy (non-hydrogen) atoms. The average Bonchev–Trinajstić information content (AvgIpc) is 2.63. The fourth-order valence-corrected chi connectivity index (χ4v) is 3.54. The highest BCUT2D eigenvalue weighted by Crippen LogP contribution is 2.35. The smallest absolute Gasteiger partial charge is 0.225 e. The van der Waals surface area contributed by atoms with E-state index in [0.29, 0.717) is 16.7 Å². The fraction of sp³-hybridized carbons (Fsp3) is 0.0526. The molecule has 0 atom stereocenters. The van der Waals surface area contributed by atoms with Gasteiger partial charge in [-0.2, -0.15) is 0 Å². The van der Waals surface area contributed by atoms with Crippen LogP contribution in [0.1, 0.15) is 0 Å². The van der Waals surface area contributed by atoms with E-state index in [1.165, 1.54) is 24.3 Å². The van der Waals surface area contributed by atoms with Gasteiger partial charge >= 0.3 is 0 Å². The lowest BCUT2D eigenvalue weighted by Gasteiger charge is -2.12. The third kappa shape index (κ3) is 3.80. The molecule has 0 heterocycles. The van der Waals surface area contributed by atoms with Crippen molar-refractivity contribution in [1.29, 1.82) is 0 Å². The zero-order chi connectivity index (χ0) is 18.9. The van der Waals surface area contributed by atoms with Crippen molar-refractivity contribution < 1.29 is 17.2 Å². The molecule has 3 nitrogen and oxygen atoms in total. The number of sulfonamides is 1. The van der Waals surface area contributed by atoms with Crippen LogP contribution in [-0.4, -0.2) is 14.7 Å². The molecule has 7 heteroatoms. The summed E-state index contributed by atoms with van der Waals surface area (Å²) in [6.07, 6.45) is 1.95. The molecule has 134 valence electrons. The Morgan fingerprint density at radius 2 is 1.23 bits per heavy atom. The summed E-state index contributed by atoms with van der Waals surface area (Å²) in [6.45, 7) is 0.